The molecule has 1 unspecified atom stereocenters. The highest BCUT2D eigenvalue weighted by atomic mass is 16.5. The lowest BCUT2D eigenvalue weighted by molar-refractivity contribution is -0.139. The maximum Gasteiger partial charge on any atom is 0.338 e. The summed E-state index contributed by atoms with van der Waals surface area (Å²) in [7, 11) is 0. The van der Waals surface area contributed by atoms with Gasteiger partial charge in [0.25, 0.3) is 0 Å². The third-order valence-electron chi connectivity index (χ3n) is 4.68. The van der Waals surface area contributed by atoms with Gasteiger partial charge in [0, 0.05) is 0 Å². The zero-order valence-corrected chi connectivity index (χ0v) is 17.5. The Morgan fingerprint density at radius 3 is 2.26 bits per heavy atom. The maximum atomic E-state index is 12.5. The van der Waals surface area contributed by atoms with E-state index < -0.39 is 11.9 Å². The number of esters is 1. The van der Waals surface area contributed by atoms with Crippen LogP contribution in [-0.4, -0.2) is 25.8 Å². The van der Waals surface area contributed by atoms with Crippen molar-refractivity contribution in [2.45, 2.75) is 19.8 Å². The van der Waals surface area contributed by atoms with Crippen LogP contribution < -0.4 is 15.2 Å². The first-order chi connectivity index (χ1) is 15.0. The van der Waals surface area contributed by atoms with Crippen LogP contribution in [0.3, 0.4) is 0 Å². The van der Waals surface area contributed by atoms with Gasteiger partial charge >= 0.3 is 5.97 Å². The molecule has 3 rings (SSSR count). The summed E-state index contributed by atoms with van der Waals surface area (Å²) in [5, 5.41) is 9.62. The second-order valence-electron chi connectivity index (χ2n) is 6.69. The molecule has 0 fully saturated rings. The van der Waals surface area contributed by atoms with E-state index in [-0.39, 0.29) is 23.6 Å². The summed E-state index contributed by atoms with van der Waals surface area (Å²) in [6.07, 6.45) is 0. The second-order valence-corrected chi connectivity index (χ2v) is 6.69. The fourth-order valence-electron chi connectivity index (χ4n) is 3.28. The van der Waals surface area contributed by atoms with Gasteiger partial charge in [-0.1, -0.05) is 30.3 Å². The van der Waals surface area contributed by atoms with Crippen LogP contribution in [0.15, 0.2) is 77.4 Å². The maximum absolute atomic E-state index is 12.5. The monoisotopic (exact) mass is 420 g/mol. The molecule has 0 amide bonds. The molecule has 2 aromatic rings. The molecule has 1 aliphatic heterocycles. The quantitative estimate of drug-likeness (QED) is 0.512. The number of ether oxygens (including phenoxy) is 4. The van der Waals surface area contributed by atoms with E-state index in [0.717, 1.165) is 5.75 Å². The van der Waals surface area contributed by atoms with Crippen LogP contribution in [0.1, 0.15) is 25.3 Å². The van der Waals surface area contributed by atoms with Gasteiger partial charge in [0.2, 0.25) is 5.88 Å². The summed E-state index contributed by atoms with van der Waals surface area (Å²) >= 11 is 0. The van der Waals surface area contributed by atoms with Crippen LogP contribution in [-0.2, 0) is 14.3 Å². The van der Waals surface area contributed by atoms with Crippen LogP contribution in [0.2, 0.25) is 0 Å². The zero-order valence-electron chi connectivity index (χ0n) is 17.5. The molecular weight excluding hydrogens is 396 g/mol. The number of carbonyl (C=O) groups excluding carboxylic acids is 1. The Morgan fingerprint density at radius 2 is 1.68 bits per heavy atom. The van der Waals surface area contributed by atoms with Gasteiger partial charge in [-0.25, -0.2) is 4.79 Å². The minimum atomic E-state index is -0.673. The lowest BCUT2D eigenvalue weighted by Crippen LogP contribution is -2.25. The molecule has 2 aromatic carbocycles. The van der Waals surface area contributed by atoms with Crippen molar-refractivity contribution in [3.05, 3.63) is 82.9 Å². The normalized spacial score (nSPS) is 15.7. The Kier molecular flexibility index (Phi) is 7.17. The number of nitrogens with two attached hydrogens (primary N) is 1. The Labute approximate surface area is 181 Å². The van der Waals surface area contributed by atoms with Crippen molar-refractivity contribution in [1.29, 1.82) is 5.26 Å². The molecule has 7 heteroatoms. The molecule has 1 heterocycles. The van der Waals surface area contributed by atoms with Gasteiger partial charge in [-0.15, -0.1) is 0 Å². The van der Waals surface area contributed by atoms with Crippen LogP contribution in [0.5, 0.6) is 11.5 Å². The molecule has 0 aromatic heterocycles. The number of allylic oxidation sites excluding steroid dienone is 2. The first-order valence-electron chi connectivity index (χ1n) is 9.91. The number of benzene rings is 2. The van der Waals surface area contributed by atoms with Crippen LogP contribution in [0, 0.1) is 11.3 Å². The fraction of sp³-hybridized carbons (Fsp3) is 0.250. The van der Waals surface area contributed by atoms with E-state index in [2.05, 4.69) is 6.07 Å². The number of nitrogens with zero attached hydrogens (tertiary/aromatic N) is 1. The molecule has 0 radical (unpaired) electrons. The largest absolute Gasteiger partial charge is 0.490 e. The van der Waals surface area contributed by atoms with E-state index in [4.69, 9.17) is 24.7 Å². The highest BCUT2D eigenvalue weighted by Crippen LogP contribution is 2.39. The second kappa shape index (κ2) is 10.2. The summed E-state index contributed by atoms with van der Waals surface area (Å²) in [5.41, 5.74) is 7.05. The molecule has 2 N–H and O–H groups in total. The number of hydrogen-bond donors (Lipinski definition) is 1. The van der Waals surface area contributed by atoms with E-state index in [1.807, 2.05) is 30.3 Å². The van der Waals surface area contributed by atoms with Crippen LogP contribution in [0.25, 0.3) is 0 Å². The number of rotatable bonds is 8. The van der Waals surface area contributed by atoms with Crippen molar-refractivity contribution < 1.29 is 23.7 Å². The first kappa shape index (κ1) is 21.8. The standard InChI is InChI=1S/C24H24N2O5/c1-3-28-24(27)21-16(2)31-23(26)20(15-25)22(21)17-9-11-19(12-10-17)30-14-13-29-18-7-5-4-6-8-18/h4-12,22H,3,13-14,26H2,1-2H3. The zero-order chi connectivity index (χ0) is 22.2. The molecule has 0 aliphatic carbocycles. The summed E-state index contributed by atoms with van der Waals surface area (Å²) in [4.78, 5) is 12.5. The van der Waals surface area contributed by atoms with Gasteiger partial charge in [-0.05, 0) is 43.7 Å². The lowest BCUT2D eigenvalue weighted by Gasteiger charge is -2.26. The van der Waals surface area contributed by atoms with Gasteiger partial charge in [-0.2, -0.15) is 5.26 Å². The smallest absolute Gasteiger partial charge is 0.338 e. The average Bonchev–Trinajstić information content (AvgIpc) is 2.77. The van der Waals surface area contributed by atoms with Crippen molar-refractivity contribution >= 4 is 5.97 Å². The summed E-state index contributed by atoms with van der Waals surface area (Å²) < 4.78 is 21.9. The lowest BCUT2D eigenvalue weighted by atomic mass is 9.83. The molecule has 160 valence electrons. The van der Waals surface area contributed by atoms with Gasteiger partial charge < -0.3 is 24.7 Å². The van der Waals surface area contributed by atoms with E-state index >= 15 is 0 Å². The van der Waals surface area contributed by atoms with E-state index in [0.29, 0.717) is 30.3 Å². The van der Waals surface area contributed by atoms with Gasteiger partial charge in [0.05, 0.1) is 18.1 Å². The van der Waals surface area contributed by atoms with Gasteiger partial charge in [-0.3, -0.25) is 0 Å². The third-order valence-corrected chi connectivity index (χ3v) is 4.68. The topological polar surface area (TPSA) is 104 Å². The molecular formula is C24H24N2O5. The van der Waals surface area contributed by atoms with Crippen molar-refractivity contribution in [2.75, 3.05) is 19.8 Å². The van der Waals surface area contributed by atoms with Gasteiger partial charge in [0.1, 0.15) is 42.1 Å². The molecule has 0 bridgehead atoms. The summed E-state index contributed by atoms with van der Waals surface area (Å²) in [6.45, 7) is 4.33. The van der Waals surface area contributed by atoms with Crippen LogP contribution in [0.4, 0.5) is 0 Å². The average molecular weight is 420 g/mol. The third kappa shape index (κ3) is 5.17. The van der Waals surface area contributed by atoms with Crippen LogP contribution >= 0.6 is 0 Å². The Hall–Kier alpha value is -3.92. The van der Waals surface area contributed by atoms with E-state index in [9.17, 15) is 10.1 Å². The Bertz CT molecular complexity index is 1020. The minimum absolute atomic E-state index is 0.0172. The molecule has 0 saturated carbocycles. The SMILES string of the molecule is CCOC(=O)C1=C(C)OC(N)=C(C#N)C1c1ccc(OCCOc2ccccc2)cc1. The molecule has 0 spiro atoms. The van der Waals surface area contributed by atoms with Crippen molar-refractivity contribution in [2.24, 2.45) is 5.73 Å². The summed E-state index contributed by atoms with van der Waals surface area (Å²) in [6, 6.07) is 18.7. The Balaban J connectivity index is 1.73. The molecule has 31 heavy (non-hydrogen) atoms. The molecule has 0 saturated heterocycles. The number of hydrogen-bond acceptors (Lipinski definition) is 7. The first-order valence-corrected chi connectivity index (χ1v) is 9.91. The van der Waals surface area contributed by atoms with E-state index in [1.54, 1.807) is 38.1 Å². The van der Waals surface area contributed by atoms with E-state index in [1.165, 1.54) is 0 Å². The molecule has 1 aliphatic rings. The predicted molar refractivity (Wildman–Crippen MR) is 114 cm³/mol. The van der Waals surface area contributed by atoms with Crippen molar-refractivity contribution in [3.63, 3.8) is 0 Å². The van der Waals surface area contributed by atoms with Gasteiger partial charge in [0.15, 0.2) is 0 Å². The number of para-hydroxylation sites is 1. The number of nitriles is 1. The summed E-state index contributed by atoms with van der Waals surface area (Å²) in [5.74, 6) is 0.510. The highest BCUT2D eigenvalue weighted by molar-refractivity contribution is 5.92. The van der Waals surface area contributed by atoms with Crippen molar-refractivity contribution in [1.82, 2.24) is 0 Å². The fourth-order valence-corrected chi connectivity index (χ4v) is 3.28. The van der Waals surface area contributed by atoms with Crippen molar-refractivity contribution in [3.8, 4) is 17.6 Å². The highest BCUT2D eigenvalue weighted by Gasteiger charge is 2.36. The minimum Gasteiger partial charge on any atom is -0.490 e. The molecule has 1 atom stereocenters. The predicted octanol–water partition coefficient (Wildman–Crippen LogP) is 3.79. The Morgan fingerprint density at radius 1 is 1.06 bits per heavy atom. The molecule has 7 nitrogen and oxygen atoms in total. The number of carbonyl (C=O) groups is 1.